The lowest BCUT2D eigenvalue weighted by atomic mass is 9.92. The Morgan fingerprint density at radius 2 is 2.00 bits per heavy atom. The summed E-state index contributed by atoms with van der Waals surface area (Å²) < 4.78 is 0. The third-order valence-electron chi connectivity index (χ3n) is 3.28. The third-order valence-corrected chi connectivity index (χ3v) is 3.28. The smallest absolute Gasteiger partial charge is 0.0234 e. The monoisotopic (exact) mass is 194 g/mol. The van der Waals surface area contributed by atoms with Crippen LogP contribution in [-0.4, -0.2) is 0 Å². The SMILES string of the molecule is CCCCCCC1/C=C\CCCCC1. The molecule has 0 saturated carbocycles. The van der Waals surface area contributed by atoms with Crippen molar-refractivity contribution in [3.63, 3.8) is 0 Å². The molecule has 0 aromatic carbocycles. The average Bonchev–Trinajstić information content (AvgIpc) is 2.15. The van der Waals surface area contributed by atoms with Gasteiger partial charge in [-0.25, -0.2) is 0 Å². The summed E-state index contributed by atoms with van der Waals surface area (Å²) in [6, 6.07) is 0. The Morgan fingerprint density at radius 1 is 1.07 bits per heavy atom. The molecule has 82 valence electrons. The van der Waals surface area contributed by atoms with E-state index in [4.69, 9.17) is 0 Å². The van der Waals surface area contributed by atoms with E-state index >= 15 is 0 Å². The van der Waals surface area contributed by atoms with Gasteiger partial charge in [0.25, 0.3) is 0 Å². The Hall–Kier alpha value is -0.260. The van der Waals surface area contributed by atoms with Gasteiger partial charge in [-0.15, -0.1) is 0 Å². The van der Waals surface area contributed by atoms with Gasteiger partial charge in [0.2, 0.25) is 0 Å². The van der Waals surface area contributed by atoms with Crippen molar-refractivity contribution >= 4 is 0 Å². The first-order valence-corrected chi connectivity index (χ1v) is 6.60. The van der Waals surface area contributed by atoms with Gasteiger partial charge < -0.3 is 0 Å². The first-order chi connectivity index (χ1) is 6.93. The quantitative estimate of drug-likeness (QED) is 0.422. The van der Waals surface area contributed by atoms with Crippen LogP contribution in [0.4, 0.5) is 0 Å². The Labute approximate surface area is 89.8 Å². The molecule has 0 amide bonds. The zero-order valence-electron chi connectivity index (χ0n) is 9.80. The van der Waals surface area contributed by atoms with Gasteiger partial charge in [0.15, 0.2) is 0 Å². The molecular weight excluding hydrogens is 168 g/mol. The standard InChI is InChI=1S/C14H26/c1-2-3-4-8-11-14-12-9-6-5-7-10-13-14/h9,12,14H,2-8,10-11,13H2,1H3/b12-9-. The Balaban J connectivity index is 2.10. The minimum atomic E-state index is 0.909. The summed E-state index contributed by atoms with van der Waals surface area (Å²) >= 11 is 0. The van der Waals surface area contributed by atoms with Crippen LogP contribution in [0.3, 0.4) is 0 Å². The van der Waals surface area contributed by atoms with Gasteiger partial charge in [-0.05, 0) is 31.6 Å². The summed E-state index contributed by atoms with van der Waals surface area (Å²) in [6.07, 6.45) is 19.1. The van der Waals surface area contributed by atoms with E-state index in [1.165, 1.54) is 64.2 Å². The second kappa shape index (κ2) is 8.08. The highest BCUT2D eigenvalue weighted by Crippen LogP contribution is 2.22. The van der Waals surface area contributed by atoms with Crippen molar-refractivity contribution < 1.29 is 0 Å². The van der Waals surface area contributed by atoms with Crippen molar-refractivity contribution in [1.82, 2.24) is 0 Å². The number of unbranched alkanes of at least 4 members (excludes halogenated alkanes) is 3. The molecule has 0 spiro atoms. The molecule has 1 unspecified atom stereocenters. The summed E-state index contributed by atoms with van der Waals surface area (Å²) in [7, 11) is 0. The molecule has 0 aromatic rings. The van der Waals surface area contributed by atoms with Gasteiger partial charge in [-0.3, -0.25) is 0 Å². The molecule has 0 N–H and O–H groups in total. The van der Waals surface area contributed by atoms with Crippen molar-refractivity contribution in [2.45, 2.75) is 71.1 Å². The second-order valence-corrected chi connectivity index (χ2v) is 4.68. The molecule has 0 saturated heterocycles. The van der Waals surface area contributed by atoms with Gasteiger partial charge in [0, 0.05) is 0 Å². The van der Waals surface area contributed by atoms with Crippen molar-refractivity contribution in [2.75, 3.05) is 0 Å². The molecule has 0 fully saturated rings. The lowest BCUT2D eigenvalue weighted by molar-refractivity contribution is 0.466. The fraction of sp³-hybridized carbons (Fsp3) is 0.857. The maximum absolute atomic E-state index is 2.49. The van der Waals surface area contributed by atoms with Gasteiger partial charge in [-0.1, -0.05) is 57.6 Å². The second-order valence-electron chi connectivity index (χ2n) is 4.68. The van der Waals surface area contributed by atoms with Crippen LogP contribution in [0.15, 0.2) is 12.2 Å². The fourth-order valence-electron chi connectivity index (χ4n) is 2.30. The van der Waals surface area contributed by atoms with Crippen LogP contribution in [0.1, 0.15) is 71.1 Å². The zero-order chi connectivity index (χ0) is 10.1. The Kier molecular flexibility index (Phi) is 6.82. The van der Waals surface area contributed by atoms with E-state index in [1.807, 2.05) is 0 Å². The van der Waals surface area contributed by atoms with E-state index in [1.54, 1.807) is 0 Å². The zero-order valence-corrected chi connectivity index (χ0v) is 9.80. The molecule has 0 aromatic heterocycles. The number of rotatable bonds is 5. The van der Waals surface area contributed by atoms with Gasteiger partial charge in [0.1, 0.15) is 0 Å². The van der Waals surface area contributed by atoms with E-state index in [0.29, 0.717) is 0 Å². The minimum Gasteiger partial charge on any atom is -0.0883 e. The lowest BCUT2D eigenvalue weighted by Gasteiger charge is -2.14. The molecule has 0 radical (unpaired) electrons. The van der Waals surface area contributed by atoms with Crippen LogP contribution in [-0.2, 0) is 0 Å². The molecule has 1 aliphatic rings. The largest absolute Gasteiger partial charge is 0.0883 e. The average molecular weight is 194 g/mol. The van der Waals surface area contributed by atoms with Crippen LogP contribution in [0.2, 0.25) is 0 Å². The van der Waals surface area contributed by atoms with E-state index in [2.05, 4.69) is 19.1 Å². The van der Waals surface area contributed by atoms with Crippen molar-refractivity contribution in [3.05, 3.63) is 12.2 Å². The summed E-state index contributed by atoms with van der Waals surface area (Å²) in [4.78, 5) is 0. The van der Waals surface area contributed by atoms with Gasteiger partial charge >= 0.3 is 0 Å². The molecule has 0 heterocycles. The highest BCUT2D eigenvalue weighted by atomic mass is 14.1. The van der Waals surface area contributed by atoms with Crippen LogP contribution in [0.5, 0.6) is 0 Å². The van der Waals surface area contributed by atoms with Crippen LogP contribution in [0.25, 0.3) is 0 Å². The van der Waals surface area contributed by atoms with Gasteiger partial charge in [0.05, 0.1) is 0 Å². The van der Waals surface area contributed by atoms with E-state index in [0.717, 1.165) is 5.92 Å². The molecule has 0 heteroatoms. The maximum Gasteiger partial charge on any atom is -0.0234 e. The summed E-state index contributed by atoms with van der Waals surface area (Å²) in [5, 5.41) is 0. The van der Waals surface area contributed by atoms with Crippen LogP contribution in [0, 0.1) is 5.92 Å². The van der Waals surface area contributed by atoms with Crippen LogP contribution < -0.4 is 0 Å². The third kappa shape index (κ3) is 5.47. The topological polar surface area (TPSA) is 0 Å². The van der Waals surface area contributed by atoms with Crippen molar-refractivity contribution in [2.24, 2.45) is 5.92 Å². The molecular formula is C14H26. The highest BCUT2D eigenvalue weighted by molar-refractivity contribution is 4.89. The summed E-state index contributed by atoms with van der Waals surface area (Å²) in [6.45, 7) is 2.29. The first-order valence-electron chi connectivity index (χ1n) is 6.60. The van der Waals surface area contributed by atoms with Crippen molar-refractivity contribution in [1.29, 1.82) is 0 Å². The predicted molar refractivity (Wildman–Crippen MR) is 64.5 cm³/mol. The molecule has 0 nitrogen and oxygen atoms in total. The molecule has 1 atom stereocenters. The fourth-order valence-corrected chi connectivity index (χ4v) is 2.30. The lowest BCUT2D eigenvalue weighted by Crippen LogP contribution is -1.99. The molecule has 0 aliphatic heterocycles. The first kappa shape index (κ1) is 11.8. The Morgan fingerprint density at radius 3 is 2.86 bits per heavy atom. The molecule has 0 bridgehead atoms. The number of hydrogen-bond donors (Lipinski definition) is 0. The summed E-state index contributed by atoms with van der Waals surface area (Å²) in [5.74, 6) is 0.909. The normalized spacial score (nSPS) is 25.4. The maximum atomic E-state index is 2.49. The van der Waals surface area contributed by atoms with E-state index < -0.39 is 0 Å². The van der Waals surface area contributed by atoms with Crippen LogP contribution >= 0.6 is 0 Å². The molecule has 1 aliphatic carbocycles. The molecule has 1 rings (SSSR count). The predicted octanol–water partition coefficient (Wildman–Crippen LogP) is 5.09. The number of allylic oxidation sites excluding steroid dienone is 2. The van der Waals surface area contributed by atoms with E-state index in [-0.39, 0.29) is 0 Å². The Bertz CT molecular complexity index is 146. The van der Waals surface area contributed by atoms with Crippen molar-refractivity contribution in [3.8, 4) is 0 Å². The molecule has 14 heavy (non-hydrogen) atoms. The number of hydrogen-bond acceptors (Lipinski definition) is 0. The minimum absolute atomic E-state index is 0.909. The summed E-state index contributed by atoms with van der Waals surface area (Å²) in [5.41, 5.74) is 0. The van der Waals surface area contributed by atoms with E-state index in [9.17, 15) is 0 Å². The van der Waals surface area contributed by atoms with Gasteiger partial charge in [-0.2, -0.15) is 0 Å². The highest BCUT2D eigenvalue weighted by Gasteiger charge is 2.06.